The van der Waals surface area contributed by atoms with Crippen LogP contribution in [0.3, 0.4) is 0 Å². The van der Waals surface area contributed by atoms with Crippen LogP contribution >= 0.6 is 24.0 Å². The highest BCUT2D eigenvalue weighted by molar-refractivity contribution is 6.31. The van der Waals surface area contributed by atoms with Crippen LogP contribution in [0.15, 0.2) is 30.5 Å². The number of halogens is 2. The van der Waals surface area contributed by atoms with Crippen LogP contribution in [0.25, 0.3) is 0 Å². The second-order valence-corrected chi connectivity index (χ2v) is 7.16. The minimum atomic E-state index is 0. The first-order chi connectivity index (χ1) is 11.8. The summed E-state index contributed by atoms with van der Waals surface area (Å²) in [5.41, 5.74) is 3.67. The molecule has 0 saturated carbocycles. The lowest BCUT2D eigenvalue weighted by molar-refractivity contribution is 0.242. The summed E-state index contributed by atoms with van der Waals surface area (Å²) in [6.45, 7) is 3.88. The average Bonchev–Trinajstić information content (AvgIpc) is 2.64. The van der Waals surface area contributed by atoms with Crippen molar-refractivity contribution >= 4 is 24.0 Å². The number of benzene rings is 1. The lowest BCUT2D eigenvalue weighted by atomic mass is 10.0. The van der Waals surface area contributed by atoms with Crippen LogP contribution in [0.2, 0.25) is 5.02 Å². The maximum absolute atomic E-state index is 6.29. The topological polar surface area (TPSA) is 41.1 Å². The van der Waals surface area contributed by atoms with E-state index >= 15 is 0 Å². The molecule has 3 heterocycles. The van der Waals surface area contributed by atoms with Gasteiger partial charge >= 0.3 is 0 Å². The maximum Gasteiger partial charge on any atom is 0.145 e. The van der Waals surface area contributed by atoms with Crippen molar-refractivity contribution in [2.45, 2.75) is 44.8 Å². The zero-order chi connectivity index (χ0) is 16.4. The standard InChI is InChI=1S/C19H23ClN4.ClH/c20-16-6-2-1-5-14(16)12-24-10-8-17-15(13-24)11-22-19(23-17)18-7-3-4-9-21-18;/h1-2,5-6,11,18,21H,3-4,7-10,12-13H2;1H. The highest BCUT2D eigenvalue weighted by atomic mass is 35.5. The van der Waals surface area contributed by atoms with E-state index in [9.17, 15) is 0 Å². The Balaban J connectivity index is 0.00000182. The van der Waals surface area contributed by atoms with E-state index in [2.05, 4.69) is 21.3 Å². The third-order valence-corrected chi connectivity index (χ3v) is 5.37. The van der Waals surface area contributed by atoms with Crippen molar-refractivity contribution in [3.63, 3.8) is 0 Å². The molecule has 1 unspecified atom stereocenters. The second kappa shape index (κ2) is 8.45. The van der Waals surface area contributed by atoms with E-state index in [-0.39, 0.29) is 12.4 Å². The summed E-state index contributed by atoms with van der Waals surface area (Å²) in [4.78, 5) is 11.9. The van der Waals surface area contributed by atoms with Gasteiger partial charge in [-0.1, -0.05) is 36.2 Å². The first-order valence-corrected chi connectivity index (χ1v) is 9.21. The molecule has 0 amide bonds. The number of rotatable bonds is 3. The van der Waals surface area contributed by atoms with Crippen LogP contribution in [0, 0.1) is 0 Å². The first kappa shape index (κ1) is 18.6. The minimum absolute atomic E-state index is 0. The van der Waals surface area contributed by atoms with Gasteiger partial charge in [-0.15, -0.1) is 12.4 Å². The SMILES string of the molecule is Cl.Clc1ccccc1CN1CCc2nc(C3CCCCN3)ncc2C1. The van der Waals surface area contributed by atoms with Gasteiger partial charge < -0.3 is 5.32 Å². The minimum Gasteiger partial charge on any atom is -0.307 e. The summed E-state index contributed by atoms with van der Waals surface area (Å²) in [5, 5.41) is 4.39. The molecule has 1 saturated heterocycles. The molecular formula is C19H24Cl2N4. The maximum atomic E-state index is 6.29. The average molecular weight is 379 g/mol. The van der Waals surface area contributed by atoms with E-state index < -0.39 is 0 Å². The third kappa shape index (κ3) is 4.32. The van der Waals surface area contributed by atoms with Crippen molar-refractivity contribution in [1.82, 2.24) is 20.2 Å². The van der Waals surface area contributed by atoms with Crippen molar-refractivity contribution in [3.8, 4) is 0 Å². The summed E-state index contributed by atoms with van der Waals surface area (Å²) < 4.78 is 0. The molecule has 2 aromatic rings. The number of aromatic nitrogens is 2. The summed E-state index contributed by atoms with van der Waals surface area (Å²) in [6.07, 6.45) is 6.70. The number of nitrogens with one attached hydrogen (secondary N) is 1. The Labute approximate surface area is 160 Å². The van der Waals surface area contributed by atoms with Crippen molar-refractivity contribution in [3.05, 3.63) is 58.1 Å². The summed E-state index contributed by atoms with van der Waals surface area (Å²) >= 11 is 6.29. The number of hydrogen-bond acceptors (Lipinski definition) is 4. The van der Waals surface area contributed by atoms with Gasteiger partial charge in [0, 0.05) is 48.5 Å². The highest BCUT2D eigenvalue weighted by Gasteiger charge is 2.22. The van der Waals surface area contributed by atoms with Crippen LogP contribution in [0.4, 0.5) is 0 Å². The number of hydrogen-bond donors (Lipinski definition) is 1. The molecule has 4 nitrogen and oxygen atoms in total. The van der Waals surface area contributed by atoms with Gasteiger partial charge in [-0.25, -0.2) is 9.97 Å². The van der Waals surface area contributed by atoms with Crippen LogP contribution in [0.5, 0.6) is 0 Å². The molecule has 25 heavy (non-hydrogen) atoms. The molecule has 1 fully saturated rings. The van der Waals surface area contributed by atoms with Gasteiger partial charge in [0.15, 0.2) is 0 Å². The predicted octanol–water partition coefficient (Wildman–Crippen LogP) is 3.92. The fourth-order valence-electron chi connectivity index (χ4n) is 3.63. The number of nitrogens with zero attached hydrogens (tertiary/aromatic N) is 3. The highest BCUT2D eigenvalue weighted by Crippen LogP contribution is 2.25. The monoisotopic (exact) mass is 378 g/mol. The van der Waals surface area contributed by atoms with Gasteiger partial charge in [-0.2, -0.15) is 0 Å². The molecule has 1 N–H and O–H groups in total. The van der Waals surface area contributed by atoms with E-state index in [1.807, 2.05) is 24.4 Å². The molecule has 4 rings (SSSR count). The van der Waals surface area contributed by atoms with E-state index in [4.69, 9.17) is 16.6 Å². The Bertz CT molecular complexity index is 716. The van der Waals surface area contributed by atoms with E-state index in [1.54, 1.807) is 0 Å². The van der Waals surface area contributed by atoms with E-state index in [0.717, 1.165) is 49.9 Å². The van der Waals surface area contributed by atoms with E-state index in [1.165, 1.54) is 29.7 Å². The van der Waals surface area contributed by atoms with Crippen LogP contribution in [-0.4, -0.2) is 28.0 Å². The molecule has 1 aromatic heterocycles. The fraction of sp³-hybridized carbons (Fsp3) is 0.474. The Kier molecular flexibility index (Phi) is 6.29. The first-order valence-electron chi connectivity index (χ1n) is 8.83. The van der Waals surface area contributed by atoms with Gasteiger partial charge in [0.1, 0.15) is 5.82 Å². The fourth-order valence-corrected chi connectivity index (χ4v) is 3.83. The Morgan fingerprint density at radius 2 is 2.12 bits per heavy atom. The van der Waals surface area contributed by atoms with Gasteiger partial charge in [-0.05, 0) is 31.0 Å². The quantitative estimate of drug-likeness (QED) is 0.878. The lowest BCUT2D eigenvalue weighted by Crippen LogP contribution is -2.33. The molecule has 0 radical (unpaired) electrons. The summed E-state index contributed by atoms with van der Waals surface area (Å²) in [5.74, 6) is 0.980. The van der Waals surface area contributed by atoms with Crippen molar-refractivity contribution in [2.75, 3.05) is 13.1 Å². The van der Waals surface area contributed by atoms with Gasteiger partial charge in [0.25, 0.3) is 0 Å². The number of piperidine rings is 1. The molecule has 2 aliphatic rings. The van der Waals surface area contributed by atoms with Crippen LogP contribution in [-0.2, 0) is 19.5 Å². The second-order valence-electron chi connectivity index (χ2n) is 6.75. The zero-order valence-corrected chi connectivity index (χ0v) is 15.8. The van der Waals surface area contributed by atoms with Crippen LogP contribution < -0.4 is 5.32 Å². The van der Waals surface area contributed by atoms with Crippen molar-refractivity contribution < 1.29 is 0 Å². The van der Waals surface area contributed by atoms with Gasteiger partial charge in [0.05, 0.1) is 6.04 Å². The number of fused-ring (bicyclic) bond motifs is 1. The Morgan fingerprint density at radius 3 is 2.92 bits per heavy atom. The molecule has 0 bridgehead atoms. The molecule has 2 aliphatic heterocycles. The molecule has 6 heteroatoms. The summed E-state index contributed by atoms with van der Waals surface area (Å²) in [6, 6.07) is 8.43. The smallest absolute Gasteiger partial charge is 0.145 e. The zero-order valence-electron chi connectivity index (χ0n) is 14.2. The van der Waals surface area contributed by atoms with Crippen molar-refractivity contribution in [1.29, 1.82) is 0 Å². The summed E-state index contributed by atoms with van der Waals surface area (Å²) in [7, 11) is 0. The van der Waals surface area contributed by atoms with Crippen molar-refractivity contribution in [2.24, 2.45) is 0 Å². The molecule has 1 atom stereocenters. The molecule has 134 valence electrons. The normalized spacial score (nSPS) is 20.6. The van der Waals surface area contributed by atoms with E-state index in [0.29, 0.717) is 6.04 Å². The molecule has 0 aliphatic carbocycles. The molecule has 0 spiro atoms. The van der Waals surface area contributed by atoms with Gasteiger partial charge in [0.2, 0.25) is 0 Å². The molecule has 1 aromatic carbocycles. The predicted molar refractivity (Wildman–Crippen MR) is 103 cm³/mol. The Hall–Kier alpha value is -1.20. The third-order valence-electron chi connectivity index (χ3n) is 5.01. The largest absolute Gasteiger partial charge is 0.307 e. The van der Waals surface area contributed by atoms with Crippen LogP contribution in [0.1, 0.15) is 47.9 Å². The Morgan fingerprint density at radius 1 is 1.24 bits per heavy atom. The molecular weight excluding hydrogens is 355 g/mol. The van der Waals surface area contributed by atoms with Gasteiger partial charge in [-0.3, -0.25) is 4.90 Å². The lowest BCUT2D eigenvalue weighted by Gasteiger charge is -2.29.